The van der Waals surface area contributed by atoms with Gasteiger partial charge in [0.15, 0.2) is 11.5 Å². The summed E-state index contributed by atoms with van der Waals surface area (Å²) in [7, 11) is 0. The van der Waals surface area contributed by atoms with Crippen molar-refractivity contribution in [2.45, 2.75) is 0 Å². The van der Waals surface area contributed by atoms with Gasteiger partial charge >= 0.3 is 0 Å². The van der Waals surface area contributed by atoms with E-state index in [0.717, 1.165) is 48.1 Å². The number of aromatic amines is 2. The van der Waals surface area contributed by atoms with Gasteiger partial charge in [0.1, 0.15) is 11.0 Å². The summed E-state index contributed by atoms with van der Waals surface area (Å²) in [6.07, 6.45) is 7.07. The number of rotatable bonds is 3. The van der Waals surface area contributed by atoms with Crippen molar-refractivity contribution in [3.05, 3.63) is 65.5 Å². The monoisotopic (exact) mass is 429 g/mol. The van der Waals surface area contributed by atoms with Crippen LogP contribution in [0.25, 0.3) is 55.3 Å². The summed E-state index contributed by atoms with van der Waals surface area (Å²) in [5.41, 5.74) is 6.66. The van der Waals surface area contributed by atoms with E-state index < -0.39 is 0 Å². The highest BCUT2D eigenvalue weighted by Crippen LogP contribution is 2.35. The van der Waals surface area contributed by atoms with Crippen LogP contribution in [0.2, 0.25) is 4.34 Å². The standard InChI is InChI=1S/C21H12ClN7S/c22-17-4-3-16(30-17)12-9-24-10-15-18(12)27-21(26-15)20-19-14(28-29-20)2-1-13(25-19)11-5-7-23-8-6-11/h1-10H,(H,26,27)(H,28,29). The second kappa shape index (κ2) is 6.72. The fraction of sp³-hybridized carbons (Fsp3) is 0. The Balaban J connectivity index is 1.52. The van der Waals surface area contributed by atoms with Gasteiger partial charge in [-0.25, -0.2) is 9.97 Å². The van der Waals surface area contributed by atoms with E-state index in [0.29, 0.717) is 11.5 Å². The van der Waals surface area contributed by atoms with E-state index in [1.54, 1.807) is 24.8 Å². The van der Waals surface area contributed by atoms with Crippen molar-refractivity contribution in [2.75, 3.05) is 0 Å². The molecule has 0 saturated carbocycles. The minimum Gasteiger partial charge on any atom is -0.335 e. The lowest BCUT2D eigenvalue weighted by molar-refractivity contribution is 1.10. The van der Waals surface area contributed by atoms with Crippen LogP contribution < -0.4 is 0 Å². The minimum atomic E-state index is 0.632. The van der Waals surface area contributed by atoms with Crippen LogP contribution in [0.3, 0.4) is 0 Å². The Hall–Kier alpha value is -3.62. The number of pyridine rings is 3. The van der Waals surface area contributed by atoms with Crippen LogP contribution in [-0.2, 0) is 0 Å². The molecule has 0 unspecified atom stereocenters. The van der Waals surface area contributed by atoms with Crippen LogP contribution in [0.1, 0.15) is 0 Å². The van der Waals surface area contributed by atoms with Gasteiger partial charge in [0.25, 0.3) is 0 Å². The largest absolute Gasteiger partial charge is 0.335 e. The van der Waals surface area contributed by atoms with Crippen molar-refractivity contribution >= 4 is 45.0 Å². The van der Waals surface area contributed by atoms with Gasteiger partial charge in [0, 0.05) is 34.6 Å². The predicted octanol–water partition coefficient (Wildman–Crippen LogP) is 5.34. The molecule has 0 bridgehead atoms. The smallest absolute Gasteiger partial charge is 0.161 e. The molecule has 30 heavy (non-hydrogen) atoms. The van der Waals surface area contributed by atoms with Crippen molar-refractivity contribution in [1.82, 2.24) is 35.1 Å². The van der Waals surface area contributed by atoms with E-state index in [1.807, 2.05) is 36.4 Å². The van der Waals surface area contributed by atoms with E-state index in [9.17, 15) is 0 Å². The fourth-order valence-electron chi connectivity index (χ4n) is 3.43. The van der Waals surface area contributed by atoms with E-state index in [2.05, 4.69) is 25.1 Å². The zero-order valence-corrected chi connectivity index (χ0v) is 16.9. The SMILES string of the molecule is Clc1ccc(-c2cncc3[nH]c(-c4n[nH]c5ccc(-c6ccncc6)nc45)nc23)s1. The molecule has 0 spiro atoms. The van der Waals surface area contributed by atoms with Crippen LogP contribution in [0.4, 0.5) is 0 Å². The summed E-state index contributed by atoms with van der Waals surface area (Å²) in [6, 6.07) is 11.6. The van der Waals surface area contributed by atoms with E-state index in [-0.39, 0.29) is 0 Å². The second-order valence-corrected chi connectivity index (χ2v) is 8.39. The lowest BCUT2D eigenvalue weighted by Gasteiger charge is -2.00. The number of fused-ring (bicyclic) bond motifs is 2. The van der Waals surface area contributed by atoms with Crippen LogP contribution in [0.15, 0.2) is 61.2 Å². The van der Waals surface area contributed by atoms with Gasteiger partial charge in [0.2, 0.25) is 0 Å². The second-order valence-electron chi connectivity index (χ2n) is 6.67. The predicted molar refractivity (Wildman–Crippen MR) is 118 cm³/mol. The van der Waals surface area contributed by atoms with Gasteiger partial charge < -0.3 is 4.98 Å². The molecule has 2 N–H and O–H groups in total. The number of H-pyrrole nitrogens is 2. The third-order valence-corrected chi connectivity index (χ3v) is 6.11. The van der Waals surface area contributed by atoms with Crippen molar-refractivity contribution in [3.8, 4) is 33.2 Å². The summed E-state index contributed by atoms with van der Waals surface area (Å²) in [4.78, 5) is 22.4. The maximum absolute atomic E-state index is 6.12. The molecule has 6 aromatic heterocycles. The van der Waals surface area contributed by atoms with Crippen molar-refractivity contribution in [1.29, 1.82) is 0 Å². The van der Waals surface area contributed by atoms with Gasteiger partial charge in [-0.1, -0.05) is 11.6 Å². The Bertz CT molecular complexity index is 1520. The number of imidazole rings is 1. The number of nitrogens with one attached hydrogen (secondary N) is 2. The maximum Gasteiger partial charge on any atom is 0.161 e. The molecular formula is C21H12ClN7S. The zero-order valence-electron chi connectivity index (χ0n) is 15.3. The van der Waals surface area contributed by atoms with Gasteiger partial charge in [0.05, 0.1) is 27.3 Å². The molecule has 0 amide bonds. The number of hydrogen-bond donors (Lipinski definition) is 2. The third-order valence-electron chi connectivity index (χ3n) is 4.84. The zero-order chi connectivity index (χ0) is 20.1. The average molecular weight is 430 g/mol. The summed E-state index contributed by atoms with van der Waals surface area (Å²) in [6.45, 7) is 0. The topological polar surface area (TPSA) is 96.0 Å². The highest BCUT2D eigenvalue weighted by molar-refractivity contribution is 7.19. The van der Waals surface area contributed by atoms with E-state index in [1.165, 1.54) is 11.3 Å². The minimum absolute atomic E-state index is 0.632. The first-order valence-electron chi connectivity index (χ1n) is 9.11. The number of aromatic nitrogens is 7. The molecule has 7 nitrogen and oxygen atoms in total. The Morgan fingerprint density at radius 1 is 0.833 bits per heavy atom. The first-order valence-corrected chi connectivity index (χ1v) is 10.3. The summed E-state index contributed by atoms with van der Waals surface area (Å²) < 4.78 is 0.726. The lowest BCUT2D eigenvalue weighted by Crippen LogP contribution is -1.87. The molecule has 6 aromatic rings. The molecule has 0 radical (unpaired) electrons. The van der Waals surface area contributed by atoms with Gasteiger partial charge in [-0.15, -0.1) is 11.3 Å². The Kier molecular flexibility index (Phi) is 3.87. The van der Waals surface area contributed by atoms with Crippen molar-refractivity contribution in [2.24, 2.45) is 0 Å². The Morgan fingerprint density at radius 2 is 1.73 bits per heavy atom. The van der Waals surface area contributed by atoms with Crippen molar-refractivity contribution in [3.63, 3.8) is 0 Å². The molecule has 6 heterocycles. The first kappa shape index (κ1) is 17.3. The van der Waals surface area contributed by atoms with Crippen LogP contribution in [0.5, 0.6) is 0 Å². The van der Waals surface area contributed by atoms with Gasteiger partial charge in [-0.05, 0) is 36.4 Å². The molecule has 0 aliphatic carbocycles. The number of hydrogen-bond acceptors (Lipinski definition) is 6. The molecule has 0 aromatic carbocycles. The van der Waals surface area contributed by atoms with Crippen LogP contribution in [-0.4, -0.2) is 35.1 Å². The first-order chi connectivity index (χ1) is 14.8. The molecule has 0 aliphatic heterocycles. The van der Waals surface area contributed by atoms with Gasteiger partial charge in [-0.3, -0.25) is 15.1 Å². The molecule has 9 heteroatoms. The van der Waals surface area contributed by atoms with Crippen LogP contribution >= 0.6 is 22.9 Å². The summed E-state index contributed by atoms with van der Waals surface area (Å²) in [5.74, 6) is 0.632. The molecule has 0 atom stereocenters. The number of thiophene rings is 1. The summed E-state index contributed by atoms with van der Waals surface area (Å²) >= 11 is 7.62. The third kappa shape index (κ3) is 2.77. The Labute approximate surface area is 178 Å². The highest BCUT2D eigenvalue weighted by Gasteiger charge is 2.17. The fourth-order valence-corrected chi connectivity index (χ4v) is 4.49. The lowest BCUT2D eigenvalue weighted by atomic mass is 10.1. The average Bonchev–Trinajstić information content (AvgIpc) is 3.51. The van der Waals surface area contributed by atoms with E-state index in [4.69, 9.17) is 21.6 Å². The van der Waals surface area contributed by atoms with Crippen LogP contribution in [0, 0.1) is 0 Å². The maximum atomic E-state index is 6.12. The summed E-state index contributed by atoms with van der Waals surface area (Å²) in [5, 5.41) is 7.51. The Morgan fingerprint density at radius 3 is 2.57 bits per heavy atom. The molecule has 6 rings (SSSR count). The van der Waals surface area contributed by atoms with Gasteiger partial charge in [-0.2, -0.15) is 5.10 Å². The number of nitrogens with zero attached hydrogens (tertiary/aromatic N) is 5. The highest BCUT2D eigenvalue weighted by atomic mass is 35.5. The molecule has 0 aliphatic rings. The van der Waals surface area contributed by atoms with E-state index >= 15 is 0 Å². The molecule has 0 fully saturated rings. The van der Waals surface area contributed by atoms with Crippen molar-refractivity contribution < 1.29 is 0 Å². The normalized spacial score (nSPS) is 11.5. The molecule has 0 saturated heterocycles. The molecule has 144 valence electrons. The molecular weight excluding hydrogens is 418 g/mol. The quantitative estimate of drug-likeness (QED) is 0.395. The number of halogens is 1.